The molecule has 4 nitrogen and oxygen atoms in total. The van der Waals surface area contributed by atoms with Gasteiger partial charge in [0.2, 0.25) is 0 Å². The number of H-pyrrole nitrogens is 1. The van der Waals surface area contributed by atoms with Crippen molar-refractivity contribution >= 4 is 0 Å². The van der Waals surface area contributed by atoms with Crippen molar-refractivity contribution in [2.45, 2.75) is 51.4 Å². The highest BCUT2D eigenvalue weighted by molar-refractivity contribution is 5.00. The summed E-state index contributed by atoms with van der Waals surface area (Å²) in [6.45, 7) is 3.70. The van der Waals surface area contributed by atoms with E-state index in [-0.39, 0.29) is 0 Å². The van der Waals surface area contributed by atoms with Crippen LogP contribution in [0, 0.1) is 0 Å². The second-order valence-electron chi connectivity index (χ2n) is 4.48. The van der Waals surface area contributed by atoms with Crippen LogP contribution in [0.5, 0.6) is 0 Å². The summed E-state index contributed by atoms with van der Waals surface area (Å²) in [7, 11) is 0. The van der Waals surface area contributed by atoms with Crippen molar-refractivity contribution in [3.8, 4) is 0 Å². The lowest BCUT2D eigenvalue weighted by atomic mass is 10.1. The van der Waals surface area contributed by atoms with Gasteiger partial charge < -0.3 is 4.74 Å². The van der Waals surface area contributed by atoms with E-state index in [4.69, 9.17) is 4.74 Å². The standard InChI is InChI=1S/C12H21N3O/c1-2-8-16-9-7-11-13-12(15-14-11)10-5-3-4-6-10/h10H,2-9H2,1H3,(H,13,14,15). The highest BCUT2D eigenvalue weighted by Gasteiger charge is 2.20. The Morgan fingerprint density at radius 1 is 1.31 bits per heavy atom. The molecule has 1 saturated carbocycles. The molecule has 1 aromatic heterocycles. The minimum absolute atomic E-state index is 0.599. The summed E-state index contributed by atoms with van der Waals surface area (Å²) < 4.78 is 5.43. The molecule has 0 unspecified atom stereocenters. The SMILES string of the molecule is CCCOCCc1nc(C2CCCC2)n[nH]1. The molecule has 90 valence electrons. The third-order valence-electron chi connectivity index (χ3n) is 3.10. The van der Waals surface area contributed by atoms with Crippen molar-refractivity contribution in [2.24, 2.45) is 0 Å². The first kappa shape index (κ1) is 11.6. The number of aromatic amines is 1. The summed E-state index contributed by atoms with van der Waals surface area (Å²) in [6.07, 6.45) is 7.08. The molecule has 0 aromatic carbocycles. The number of aromatic nitrogens is 3. The molecule has 0 aliphatic heterocycles. The molecule has 0 atom stereocenters. The number of ether oxygens (including phenoxy) is 1. The normalized spacial score (nSPS) is 17.1. The number of hydrogen-bond acceptors (Lipinski definition) is 3. The summed E-state index contributed by atoms with van der Waals surface area (Å²) in [5.74, 6) is 2.59. The Labute approximate surface area is 96.8 Å². The van der Waals surface area contributed by atoms with Gasteiger partial charge in [-0.1, -0.05) is 19.8 Å². The molecule has 1 N–H and O–H groups in total. The lowest BCUT2D eigenvalue weighted by Gasteiger charge is -2.01. The number of hydrogen-bond donors (Lipinski definition) is 1. The van der Waals surface area contributed by atoms with Crippen LogP contribution in [0.3, 0.4) is 0 Å². The van der Waals surface area contributed by atoms with Crippen LogP contribution in [0.15, 0.2) is 0 Å². The first-order chi connectivity index (χ1) is 7.90. The maximum absolute atomic E-state index is 5.43. The fourth-order valence-electron chi connectivity index (χ4n) is 2.20. The minimum Gasteiger partial charge on any atom is -0.381 e. The topological polar surface area (TPSA) is 50.8 Å². The van der Waals surface area contributed by atoms with Gasteiger partial charge in [0.15, 0.2) is 5.82 Å². The lowest BCUT2D eigenvalue weighted by molar-refractivity contribution is 0.136. The molecule has 1 aliphatic rings. The summed E-state index contributed by atoms with van der Waals surface area (Å²) in [5, 5.41) is 7.32. The van der Waals surface area contributed by atoms with Gasteiger partial charge in [-0.05, 0) is 19.3 Å². The zero-order chi connectivity index (χ0) is 11.2. The van der Waals surface area contributed by atoms with Crippen LogP contribution in [0.25, 0.3) is 0 Å². The van der Waals surface area contributed by atoms with Gasteiger partial charge in [0.05, 0.1) is 6.61 Å². The monoisotopic (exact) mass is 223 g/mol. The lowest BCUT2D eigenvalue weighted by Crippen LogP contribution is -2.01. The average molecular weight is 223 g/mol. The summed E-state index contributed by atoms with van der Waals surface area (Å²) in [6, 6.07) is 0. The predicted molar refractivity (Wildman–Crippen MR) is 62.4 cm³/mol. The van der Waals surface area contributed by atoms with Crippen LogP contribution in [-0.4, -0.2) is 28.4 Å². The molecule has 0 spiro atoms. The largest absolute Gasteiger partial charge is 0.381 e. The van der Waals surface area contributed by atoms with E-state index < -0.39 is 0 Å². The van der Waals surface area contributed by atoms with E-state index >= 15 is 0 Å². The second-order valence-corrected chi connectivity index (χ2v) is 4.48. The van der Waals surface area contributed by atoms with Gasteiger partial charge >= 0.3 is 0 Å². The maximum atomic E-state index is 5.43. The van der Waals surface area contributed by atoms with Gasteiger partial charge in [-0.2, -0.15) is 5.10 Å². The summed E-state index contributed by atoms with van der Waals surface area (Å²) >= 11 is 0. The van der Waals surface area contributed by atoms with Crippen molar-refractivity contribution in [3.63, 3.8) is 0 Å². The maximum Gasteiger partial charge on any atom is 0.153 e. The van der Waals surface area contributed by atoms with E-state index in [2.05, 4.69) is 22.1 Å². The molecule has 0 amide bonds. The van der Waals surface area contributed by atoms with Crippen molar-refractivity contribution in [1.29, 1.82) is 0 Å². The molecule has 0 saturated heterocycles. The number of nitrogens with zero attached hydrogens (tertiary/aromatic N) is 2. The Balaban J connectivity index is 1.77. The molecule has 4 heteroatoms. The van der Waals surface area contributed by atoms with Gasteiger partial charge in [0.25, 0.3) is 0 Å². The molecule has 0 bridgehead atoms. The first-order valence-corrected chi connectivity index (χ1v) is 6.39. The smallest absolute Gasteiger partial charge is 0.153 e. The molecular formula is C12H21N3O. The Morgan fingerprint density at radius 2 is 2.12 bits per heavy atom. The average Bonchev–Trinajstić information content (AvgIpc) is 2.94. The highest BCUT2D eigenvalue weighted by Crippen LogP contribution is 2.31. The molecule has 1 heterocycles. The van der Waals surface area contributed by atoms with Crippen LogP contribution in [0.4, 0.5) is 0 Å². The Morgan fingerprint density at radius 3 is 2.88 bits per heavy atom. The second kappa shape index (κ2) is 5.99. The third-order valence-corrected chi connectivity index (χ3v) is 3.10. The molecule has 16 heavy (non-hydrogen) atoms. The Kier molecular flexibility index (Phi) is 4.34. The van der Waals surface area contributed by atoms with E-state index in [1.807, 2.05) is 0 Å². The Hall–Kier alpha value is -0.900. The summed E-state index contributed by atoms with van der Waals surface area (Å²) in [5.41, 5.74) is 0. The van der Waals surface area contributed by atoms with Gasteiger partial charge in [-0.15, -0.1) is 0 Å². The van der Waals surface area contributed by atoms with Crippen molar-refractivity contribution in [3.05, 3.63) is 11.6 Å². The molecule has 1 aliphatic carbocycles. The van der Waals surface area contributed by atoms with Gasteiger partial charge in [0.1, 0.15) is 5.82 Å². The van der Waals surface area contributed by atoms with E-state index in [9.17, 15) is 0 Å². The zero-order valence-electron chi connectivity index (χ0n) is 10.0. The fraction of sp³-hybridized carbons (Fsp3) is 0.833. The third kappa shape index (κ3) is 3.04. The van der Waals surface area contributed by atoms with Crippen LogP contribution in [-0.2, 0) is 11.2 Å². The van der Waals surface area contributed by atoms with Gasteiger partial charge in [0, 0.05) is 18.9 Å². The molecule has 0 radical (unpaired) electrons. The number of rotatable bonds is 6. The van der Waals surface area contributed by atoms with E-state index in [1.54, 1.807) is 0 Å². The predicted octanol–water partition coefficient (Wildman–Crippen LogP) is 2.43. The molecule has 1 aromatic rings. The number of nitrogens with one attached hydrogen (secondary N) is 1. The Bertz CT molecular complexity index is 305. The van der Waals surface area contributed by atoms with Crippen LogP contribution in [0.2, 0.25) is 0 Å². The molecule has 2 rings (SSSR count). The summed E-state index contributed by atoms with van der Waals surface area (Å²) in [4.78, 5) is 4.54. The molecular weight excluding hydrogens is 202 g/mol. The zero-order valence-corrected chi connectivity index (χ0v) is 10.0. The first-order valence-electron chi connectivity index (χ1n) is 6.39. The van der Waals surface area contributed by atoms with Crippen LogP contribution in [0.1, 0.15) is 56.6 Å². The van der Waals surface area contributed by atoms with Crippen molar-refractivity contribution < 1.29 is 4.74 Å². The van der Waals surface area contributed by atoms with Crippen LogP contribution < -0.4 is 0 Å². The van der Waals surface area contributed by atoms with Gasteiger partial charge in [-0.3, -0.25) is 5.10 Å². The van der Waals surface area contributed by atoms with E-state index in [1.165, 1.54) is 25.7 Å². The van der Waals surface area contributed by atoms with E-state index in [0.717, 1.165) is 37.7 Å². The quantitative estimate of drug-likeness (QED) is 0.753. The van der Waals surface area contributed by atoms with Crippen molar-refractivity contribution in [1.82, 2.24) is 15.2 Å². The highest BCUT2D eigenvalue weighted by atomic mass is 16.5. The van der Waals surface area contributed by atoms with E-state index in [0.29, 0.717) is 5.92 Å². The van der Waals surface area contributed by atoms with Gasteiger partial charge in [-0.25, -0.2) is 4.98 Å². The van der Waals surface area contributed by atoms with Crippen LogP contribution >= 0.6 is 0 Å². The molecule has 1 fully saturated rings. The van der Waals surface area contributed by atoms with Crippen molar-refractivity contribution in [2.75, 3.05) is 13.2 Å². The minimum atomic E-state index is 0.599. The fourth-order valence-corrected chi connectivity index (χ4v) is 2.20.